The summed E-state index contributed by atoms with van der Waals surface area (Å²) in [5.41, 5.74) is 1.18. The molecule has 2 aromatic carbocycles. The molecule has 182 valence electrons. The lowest BCUT2D eigenvalue weighted by Gasteiger charge is -2.14. The monoisotopic (exact) mass is 606 g/mol. The van der Waals surface area contributed by atoms with E-state index in [0.29, 0.717) is 41.7 Å². The van der Waals surface area contributed by atoms with Crippen molar-refractivity contribution in [2.75, 3.05) is 31.7 Å². The summed E-state index contributed by atoms with van der Waals surface area (Å²) in [6.45, 7) is 4.36. The zero-order chi connectivity index (χ0) is 25.4. The molecular formula is C25H23IN2O6S. The van der Waals surface area contributed by atoms with E-state index in [1.807, 2.05) is 13.8 Å². The normalized spacial score (nSPS) is 14.1. The summed E-state index contributed by atoms with van der Waals surface area (Å²) >= 11 is 2.87. The molecule has 1 heterocycles. The van der Waals surface area contributed by atoms with Crippen molar-refractivity contribution in [3.8, 4) is 29.6 Å². The van der Waals surface area contributed by atoms with Crippen LogP contribution in [0.2, 0.25) is 0 Å². The van der Waals surface area contributed by atoms with E-state index in [9.17, 15) is 14.4 Å². The van der Waals surface area contributed by atoms with Crippen LogP contribution in [0.3, 0.4) is 0 Å². The number of rotatable bonds is 10. The number of halogens is 1. The number of carbonyl (C=O) groups excluding carboxylic acids is 3. The van der Waals surface area contributed by atoms with E-state index in [0.717, 1.165) is 20.2 Å². The van der Waals surface area contributed by atoms with Gasteiger partial charge in [0, 0.05) is 5.69 Å². The van der Waals surface area contributed by atoms with Crippen molar-refractivity contribution >= 4 is 63.2 Å². The average Bonchev–Trinajstić information content (AvgIpc) is 3.07. The molecule has 3 rings (SSSR count). The molecule has 2 aromatic rings. The van der Waals surface area contributed by atoms with Crippen molar-refractivity contribution in [1.29, 1.82) is 0 Å². The Kier molecular flexibility index (Phi) is 9.45. The number of anilines is 1. The molecule has 0 aromatic heterocycles. The van der Waals surface area contributed by atoms with Gasteiger partial charge in [-0.25, -0.2) is 0 Å². The minimum atomic E-state index is -0.539. The van der Waals surface area contributed by atoms with Crippen LogP contribution in [0.5, 0.6) is 17.2 Å². The number of thioether (sulfide) groups is 1. The van der Waals surface area contributed by atoms with Crippen molar-refractivity contribution < 1.29 is 28.6 Å². The molecule has 1 aliphatic rings. The number of imide groups is 1. The molecule has 0 radical (unpaired) electrons. The molecule has 0 saturated carbocycles. The van der Waals surface area contributed by atoms with Crippen LogP contribution in [-0.4, -0.2) is 48.3 Å². The van der Waals surface area contributed by atoms with Crippen LogP contribution in [-0.2, 0) is 9.59 Å². The Morgan fingerprint density at radius 1 is 1.14 bits per heavy atom. The average molecular weight is 606 g/mol. The van der Waals surface area contributed by atoms with Gasteiger partial charge in [0.2, 0.25) is 5.91 Å². The van der Waals surface area contributed by atoms with Crippen LogP contribution in [0, 0.1) is 15.9 Å². The molecule has 0 unspecified atom stereocenters. The first-order valence-electron chi connectivity index (χ1n) is 10.7. The fourth-order valence-corrected chi connectivity index (χ4v) is 4.74. The Balaban J connectivity index is 1.72. The molecule has 1 fully saturated rings. The lowest BCUT2D eigenvalue weighted by Crippen LogP contribution is -2.36. The first-order chi connectivity index (χ1) is 16.9. The Morgan fingerprint density at radius 2 is 1.86 bits per heavy atom. The lowest BCUT2D eigenvalue weighted by atomic mass is 10.2. The number of hydrogen-bond donors (Lipinski definition) is 1. The molecular weight excluding hydrogens is 583 g/mol. The topological polar surface area (TPSA) is 94.2 Å². The van der Waals surface area contributed by atoms with Gasteiger partial charge in [0.1, 0.15) is 18.9 Å². The Morgan fingerprint density at radius 3 is 2.51 bits per heavy atom. The quantitative estimate of drug-likeness (QED) is 0.237. The van der Waals surface area contributed by atoms with Crippen molar-refractivity contribution in [2.45, 2.75) is 13.8 Å². The third-order valence-corrected chi connectivity index (χ3v) is 6.26. The summed E-state index contributed by atoms with van der Waals surface area (Å²) in [6, 6.07) is 10.3. The zero-order valence-corrected chi connectivity index (χ0v) is 22.1. The molecule has 1 saturated heterocycles. The maximum absolute atomic E-state index is 12.9. The summed E-state index contributed by atoms with van der Waals surface area (Å²) in [5.74, 6) is 3.07. The highest BCUT2D eigenvalue weighted by atomic mass is 127. The van der Waals surface area contributed by atoms with Crippen LogP contribution < -0.4 is 19.5 Å². The van der Waals surface area contributed by atoms with E-state index in [4.69, 9.17) is 20.6 Å². The smallest absolute Gasteiger partial charge is 0.294 e. The zero-order valence-electron chi connectivity index (χ0n) is 19.1. The van der Waals surface area contributed by atoms with E-state index in [1.165, 1.54) is 0 Å². The number of carbonyl (C=O) groups is 3. The maximum Gasteiger partial charge on any atom is 0.294 e. The maximum atomic E-state index is 12.9. The molecule has 0 spiro atoms. The van der Waals surface area contributed by atoms with Gasteiger partial charge in [-0.1, -0.05) is 5.92 Å². The summed E-state index contributed by atoms with van der Waals surface area (Å²) in [7, 11) is 0. The van der Waals surface area contributed by atoms with Crippen molar-refractivity contribution in [3.63, 3.8) is 0 Å². The number of ether oxygens (including phenoxy) is 3. The second-order valence-corrected chi connectivity index (χ2v) is 9.18. The summed E-state index contributed by atoms with van der Waals surface area (Å²) in [4.78, 5) is 38.9. The third kappa shape index (κ3) is 6.93. The molecule has 10 heteroatoms. The van der Waals surface area contributed by atoms with Crippen molar-refractivity contribution in [3.05, 3.63) is 50.4 Å². The molecule has 35 heavy (non-hydrogen) atoms. The van der Waals surface area contributed by atoms with Crippen LogP contribution in [0.15, 0.2) is 41.3 Å². The SMILES string of the molecule is C#CCOc1c(I)cc(/C=C2/SC(=O)N(CC(=O)Nc3ccc(OCC)cc3)C2=O)cc1OCC. The number of nitrogens with zero attached hydrogens (tertiary/aromatic N) is 1. The van der Waals surface area contributed by atoms with Gasteiger partial charge in [-0.15, -0.1) is 6.42 Å². The fourth-order valence-electron chi connectivity index (χ4n) is 3.12. The van der Waals surface area contributed by atoms with Gasteiger partial charge in [0.05, 0.1) is 21.7 Å². The molecule has 8 nitrogen and oxygen atoms in total. The van der Waals surface area contributed by atoms with Crippen LogP contribution in [0.4, 0.5) is 10.5 Å². The fraction of sp³-hybridized carbons (Fsp3) is 0.240. The number of hydrogen-bond acceptors (Lipinski definition) is 7. The minimum Gasteiger partial charge on any atom is -0.494 e. The predicted octanol–water partition coefficient (Wildman–Crippen LogP) is 4.78. The Labute approximate surface area is 221 Å². The largest absolute Gasteiger partial charge is 0.494 e. The Hall–Kier alpha value is -3.17. The molecule has 1 aliphatic heterocycles. The Bertz CT molecular complexity index is 1190. The van der Waals surface area contributed by atoms with Crippen molar-refractivity contribution in [1.82, 2.24) is 4.90 Å². The first-order valence-corrected chi connectivity index (χ1v) is 12.6. The van der Waals surface area contributed by atoms with Gasteiger partial charge in [-0.05, 0) is 96.2 Å². The number of nitrogens with one attached hydrogen (secondary N) is 1. The van der Waals surface area contributed by atoms with Gasteiger partial charge in [0.15, 0.2) is 11.5 Å². The standard InChI is InChI=1S/C25H23IN2O6S/c1-4-11-34-23-19(26)12-16(13-20(23)33-6-3)14-21-24(30)28(25(31)35-21)15-22(29)27-17-7-9-18(10-8-17)32-5-2/h1,7-10,12-14H,5-6,11,15H2,2-3H3,(H,27,29)/b21-14+. The number of benzene rings is 2. The van der Waals surface area contributed by atoms with Crippen LogP contribution >= 0.6 is 34.4 Å². The van der Waals surface area contributed by atoms with Gasteiger partial charge >= 0.3 is 0 Å². The second-order valence-electron chi connectivity index (χ2n) is 7.03. The molecule has 3 amide bonds. The molecule has 0 bridgehead atoms. The number of terminal acetylenes is 1. The van der Waals surface area contributed by atoms with Gasteiger partial charge in [-0.2, -0.15) is 0 Å². The summed E-state index contributed by atoms with van der Waals surface area (Å²) in [5, 5.41) is 2.16. The lowest BCUT2D eigenvalue weighted by molar-refractivity contribution is -0.127. The highest BCUT2D eigenvalue weighted by Crippen LogP contribution is 2.37. The van der Waals surface area contributed by atoms with Crippen LogP contribution in [0.25, 0.3) is 6.08 Å². The van der Waals surface area contributed by atoms with Crippen LogP contribution in [0.1, 0.15) is 19.4 Å². The van der Waals surface area contributed by atoms with Gasteiger partial charge < -0.3 is 19.5 Å². The van der Waals surface area contributed by atoms with E-state index in [1.54, 1.807) is 42.5 Å². The summed E-state index contributed by atoms with van der Waals surface area (Å²) < 4.78 is 17.4. The highest BCUT2D eigenvalue weighted by Gasteiger charge is 2.36. The van der Waals surface area contributed by atoms with E-state index >= 15 is 0 Å². The first kappa shape index (κ1) is 26.4. The van der Waals surface area contributed by atoms with E-state index in [-0.39, 0.29) is 11.5 Å². The number of amides is 3. The molecule has 0 aliphatic carbocycles. The predicted molar refractivity (Wildman–Crippen MR) is 144 cm³/mol. The summed E-state index contributed by atoms with van der Waals surface area (Å²) in [6.07, 6.45) is 6.88. The third-order valence-electron chi connectivity index (χ3n) is 4.55. The molecule has 0 atom stereocenters. The van der Waals surface area contributed by atoms with Gasteiger partial charge in [-0.3, -0.25) is 19.3 Å². The second kappa shape index (κ2) is 12.5. The van der Waals surface area contributed by atoms with E-state index < -0.39 is 23.6 Å². The minimum absolute atomic E-state index is 0.0903. The van der Waals surface area contributed by atoms with Gasteiger partial charge in [0.25, 0.3) is 11.1 Å². The molecule has 1 N–H and O–H groups in total. The van der Waals surface area contributed by atoms with Crippen molar-refractivity contribution in [2.24, 2.45) is 0 Å². The van der Waals surface area contributed by atoms with E-state index in [2.05, 4.69) is 33.8 Å². The highest BCUT2D eigenvalue weighted by molar-refractivity contribution is 14.1.